The molecule has 1 amide bonds. The van der Waals surface area contributed by atoms with E-state index in [-0.39, 0.29) is 18.3 Å². The van der Waals surface area contributed by atoms with Crippen molar-refractivity contribution >= 4 is 11.7 Å². The van der Waals surface area contributed by atoms with Gasteiger partial charge < -0.3 is 14.4 Å². The van der Waals surface area contributed by atoms with Crippen molar-refractivity contribution in [2.45, 2.75) is 26.5 Å². The first kappa shape index (κ1) is 18.7. The molecule has 0 fully saturated rings. The van der Waals surface area contributed by atoms with Gasteiger partial charge in [-0.25, -0.2) is 0 Å². The number of rotatable bonds is 9. The van der Waals surface area contributed by atoms with Crippen LogP contribution in [0.3, 0.4) is 0 Å². The number of benzene rings is 1. The molecule has 7 heteroatoms. The lowest BCUT2D eigenvalue weighted by Gasteiger charge is -2.16. The molecule has 0 radical (unpaired) electrons. The number of methoxy groups -OCH3 is 1. The van der Waals surface area contributed by atoms with Gasteiger partial charge in [0.05, 0.1) is 24.5 Å². The molecule has 2 rings (SSSR count). The molecule has 7 nitrogen and oxygen atoms in total. The van der Waals surface area contributed by atoms with Gasteiger partial charge in [-0.3, -0.25) is 14.7 Å². The van der Waals surface area contributed by atoms with E-state index in [1.165, 1.54) is 0 Å². The number of nitrogens with zero attached hydrogens (tertiary/aromatic N) is 2. The number of H-pyrrole nitrogens is 1. The molecular formula is C18H23N3O4. The van der Waals surface area contributed by atoms with Crippen molar-refractivity contribution in [3.63, 3.8) is 0 Å². The number of ketones is 1. The Morgan fingerprint density at radius 1 is 1.24 bits per heavy atom. The molecule has 0 saturated carbocycles. The molecule has 25 heavy (non-hydrogen) atoms. The molecule has 134 valence electrons. The summed E-state index contributed by atoms with van der Waals surface area (Å²) in [5.41, 5.74) is 2.26. The van der Waals surface area contributed by atoms with E-state index in [9.17, 15) is 9.59 Å². The molecule has 1 aromatic heterocycles. The normalized spacial score (nSPS) is 10.5. The molecule has 0 spiro atoms. The van der Waals surface area contributed by atoms with Gasteiger partial charge in [0.1, 0.15) is 5.75 Å². The molecule has 0 atom stereocenters. The predicted molar refractivity (Wildman–Crippen MR) is 92.3 cm³/mol. The van der Waals surface area contributed by atoms with Gasteiger partial charge in [0.2, 0.25) is 0 Å². The van der Waals surface area contributed by atoms with E-state index in [1.54, 1.807) is 43.3 Å². The van der Waals surface area contributed by atoms with Crippen LogP contribution in [0.4, 0.5) is 0 Å². The number of ether oxygens (including phenoxy) is 2. The highest BCUT2D eigenvalue weighted by atomic mass is 16.5. The van der Waals surface area contributed by atoms with Crippen molar-refractivity contribution < 1.29 is 19.1 Å². The highest BCUT2D eigenvalue weighted by molar-refractivity contribution is 5.95. The number of nitrogens with one attached hydrogen (secondary N) is 1. The van der Waals surface area contributed by atoms with Crippen LogP contribution < -0.4 is 4.74 Å². The quantitative estimate of drug-likeness (QED) is 0.704. The number of Topliss-reactive ketones (excluding diaryl/α,β-unsaturated/α-hetero) is 1. The molecule has 1 heterocycles. The van der Waals surface area contributed by atoms with Crippen molar-refractivity contribution in [2.75, 3.05) is 20.8 Å². The van der Waals surface area contributed by atoms with Crippen LogP contribution >= 0.6 is 0 Å². The third-order valence-corrected chi connectivity index (χ3v) is 3.67. The summed E-state index contributed by atoms with van der Waals surface area (Å²) in [7, 11) is 3.30. The van der Waals surface area contributed by atoms with Crippen molar-refractivity contribution in [3.05, 3.63) is 47.3 Å². The Morgan fingerprint density at radius 3 is 2.60 bits per heavy atom. The van der Waals surface area contributed by atoms with Crippen molar-refractivity contribution in [3.8, 4) is 5.75 Å². The minimum absolute atomic E-state index is 0.0728. The van der Waals surface area contributed by atoms with Crippen LogP contribution in [0.2, 0.25) is 0 Å². The Balaban J connectivity index is 1.83. The van der Waals surface area contributed by atoms with Crippen LogP contribution in [-0.4, -0.2) is 47.6 Å². The van der Waals surface area contributed by atoms with E-state index in [4.69, 9.17) is 9.47 Å². The zero-order valence-corrected chi connectivity index (χ0v) is 14.7. The topological polar surface area (TPSA) is 84.5 Å². The van der Waals surface area contributed by atoms with Gasteiger partial charge in [0, 0.05) is 26.1 Å². The van der Waals surface area contributed by atoms with E-state index in [1.807, 2.05) is 13.0 Å². The SMILES string of the molecule is CCC(=O)c1ccc(OCC(=O)N(C)Cc2cc(COC)n[nH]2)cc1. The fraction of sp³-hybridized carbons (Fsp3) is 0.389. The second-order valence-corrected chi connectivity index (χ2v) is 5.66. The average Bonchev–Trinajstić information content (AvgIpc) is 3.06. The zero-order valence-electron chi connectivity index (χ0n) is 14.7. The maximum Gasteiger partial charge on any atom is 0.260 e. The smallest absolute Gasteiger partial charge is 0.260 e. The largest absolute Gasteiger partial charge is 0.484 e. The van der Waals surface area contributed by atoms with Crippen LogP contribution in [0.25, 0.3) is 0 Å². The molecule has 1 aromatic carbocycles. The van der Waals surface area contributed by atoms with Crippen molar-refractivity contribution in [2.24, 2.45) is 0 Å². The first-order valence-electron chi connectivity index (χ1n) is 8.05. The molecule has 2 aromatic rings. The van der Waals surface area contributed by atoms with Gasteiger partial charge in [0.25, 0.3) is 5.91 Å². The van der Waals surface area contributed by atoms with Gasteiger partial charge >= 0.3 is 0 Å². The number of likely N-dealkylation sites (N-methyl/N-ethyl adjacent to an activating group) is 1. The Hall–Kier alpha value is -2.67. The Morgan fingerprint density at radius 2 is 1.96 bits per heavy atom. The van der Waals surface area contributed by atoms with E-state index in [0.29, 0.717) is 30.9 Å². The molecule has 0 bridgehead atoms. The fourth-order valence-electron chi connectivity index (χ4n) is 2.25. The number of aromatic nitrogens is 2. The van der Waals surface area contributed by atoms with Crippen LogP contribution in [0, 0.1) is 0 Å². The van der Waals surface area contributed by atoms with Crippen LogP contribution in [-0.2, 0) is 22.7 Å². The molecule has 0 unspecified atom stereocenters. The standard InChI is InChI=1S/C18H23N3O4/c1-4-17(22)13-5-7-16(8-6-13)25-12-18(23)21(2)10-14-9-15(11-24-3)20-19-14/h5-9H,4,10-12H2,1-3H3,(H,19,20). The van der Waals surface area contributed by atoms with Crippen molar-refractivity contribution in [1.82, 2.24) is 15.1 Å². The van der Waals surface area contributed by atoms with Gasteiger partial charge in [-0.15, -0.1) is 0 Å². The van der Waals surface area contributed by atoms with Crippen LogP contribution in [0.5, 0.6) is 5.75 Å². The number of hydrogen-bond donors (Lipinski definition) is 1. The minimum atomic E-state index is -0.156. The minimum Gasteiger partial charge on any atom is -0.484 e. The number of carbonyl (C=O) groups excluding carboxylic acids is 2. The number of aromatic amines is 1. The summed E-state index contributed by atoms with van der Waals surface area (Å²) >= 11 is 0. The van der Waals surface area contributed by atoms with Crippen LogP contribution in [0.1, 0.15) is 35.1 Å². The van der Waals surface area contributed by atoms with E-state index >= 15 is 0 Å². The van der Waals surface area contributed by atoms with Gasteiger partial charge in [-0.1, -0.05) is 6.92 Å². The second kappa shape index (κ2) is 8.98. The lowest BCUT2D eigenvalue weighted by Crippen LogP contribution is -2.31. The third kappa shape index (κ3) is 5.42. The summed E-state index contributed by atoms with van der Waals surface area (Å²) in [6.45, 7) is 2.58. The lowest BCUT2D eigenvalue weighted by molar-refractivity contribution is -0.132. The van der Waals surface area contributed by atoms with Gasteiger partial charge in [0.15, 0.2) is 12.4 Å². The number of carbonyl (C=O) groups is 2. The van der Waals surface area contributed by atoms with E-state index in [0.717, 1.165) is 11.4 Å². The first-order chi connectivity index (χ1) is 12.0. The Bertz CT molecular complexity index is 709. The van der Waals surface area contributed by atoms with Gasteiger partial charge in [-0.05, 0) is 30.3 Å². The molecular weight excluding hydrogens is 322 g/mol. The Labute approximate surface area is 146 Å². The molecule has 0 aliphatic heterocycles. The Kier molecular flexibility index (Phi) is 6.71. The highest BCUT2D eigenvalue weighted by Gasteiger charge is 2.12. The summed E-state index contributed by atoms with van der Waals surface area (Å²) in [5.74, 6) is 0.477. The third-order valence-electron chi connectivity index (χ3n) is 3.67. The van der Waals surface area contributed by atoms with E-state index in [2.05, 4.69) is 10.2 Å². The maximum absolute atomic E-state index is 12.2. The summed E-state index contributed by atoms with van der Waals surface area (Å²) in [6, 6.07) is 8.66. The first-order valence-corrected chi connectivity index (χ1v) is 8.05. The summed E-state index contributed by atoms with van der Waals surface area (Å²) in [6.07, 6.45) is 0.461. The highest BCUT2D eigenvalue weighted by Crippen LogP contribution is 2.14. The summed E-state index contributed by atoms with van der Waals surface area (Å²) in [5, 5.41) is 6.97. The zero-order chi connectivity index (χ0) is 18.2. The molecule has 0 aliphatic carbocycles. The van der Waals surface area contributed by atoms with Gasteiger partial charge in [-0.2, -0.15) is 5.10 Å². The predicted octanol–water partition coefficient (Wildman–Crippen LogP) is 2.19. The maximum atomic E-state index is 12.2. The molecule has 0 aliphatic rings. The fourth-order valence-corrected chi connectivity index (χ4v) is 2.25. The number of hydrogen-bond acceptors (Lipinski definition) is 5. The van der Waals surface area contributed by atoms with Crippen molar-refractivity contribution in [1.29, 1.82) is 0 Å². The summed E-state index contributed by atoms with van der Waals surface area (Å²) < 4.78 is 10.5. The molecule has 1 N–H and O–H groups in total. The summed E-state index contributed by atoms with van der Waals surface area (Å²) in [4.78, 5) is 25.3. The second-order valence-electron chi connectivity index (χ2n) is 5.66. The lowest BCUT2D eigenvalue weighted by atomic mass is 10.1. The van der Waals surface area contributed by atoms with Crippen LogP contribution in [0.15, 0.2) is 30.3 Å². The number of amides is 1. The average molecular weight is 345 g/mol. The molecule has 0 saturated heterocycles. The monoisotopic (exact) mass is 345 g/mol. The van der Waals surface area contributed by atoms with E-state index < -0.39 is 0 Å².